The quantitative estimate of drug-likeness (QED) is 0.865. The van der Waals surface area contributed by atoms with Gasteiger partial charge in [0.15, 0.2) is 0 Å². The predicted octanol–water partition coefficient (Wildman–Crippen LogP) is 1.27. The van der Waals surface area contributed by atoms with E-state index in [9.17, 15) is 8.42 Å². The molecule has 0 amide bonds. The molecule has 1 aliphatic heterocycles. The minimum Gasteiger partial charge on any atom is -0.372 e. The second-order valence-corrected chi connectivity index (χ2v) is 7.30. The van der Waals surface area contributed by atoms with E-state index < -0.39 is 9.84 Å². The van der Waals surface area contributed by atoms with Gasteiger partial charge in [0, 0.05) is 13.1 Å². The summed E-state index contributed by atoms with van der Waals surface area (Å²) in [7, 11) is -1.05. The van der Waals surface area contributed by atoms with Crippen molar-refractivity contribution in [3.8, 4) is 0 Å². The molecule has 100 valence electrons. The zero-order chi connectivity index (χ0) is 13.2. The van der Waals surface area contributed by atoms with Gasteiger partial charge in [0.2, 0.25) is 0 Å². The number of nitrogens with zero attached hydrogens (tertiary/aromatic N) is 2. The number of aromatic nitrogens is 2. The van der Waals surface area contributed by atoms with E-state index >= 15 is 0 Å². The normalized spacial score (nSPS) is 19.4. The van der Waals surface area contributed by atoms with Crippen LogP contribution in [0.15, 0.2) is 10.8 Å². The number of rotatable bonds is 3. The highest BCUT2D eigenvalue weighted by atomic mass is 79.9. The first kappa shape index (κ1) is 13.5. The van der Waals surface area contributed by atoms with E-state index in [4.69, 9.17) is 0 Å². The van der Waals surface area contributed by atoms with E-state index in [-0.39, 0.29) is 17.5 Å². The summed E-state index contributed by atoms with van der Waals surface area (Å²) in [4.78, 5) is 8.23. The summed E-state index contributed by atoms with van der Waals surface area (Å²) >= 11 is 3.42. The molecule has 0 radical (unpaired) electrons. The molecule has 0 bridgehead atoms. The van der Waals surface area contributed by atoms with Gasteiger partial charge in [0.25, 0.3) is 0 Å². The topological polar surface area (TPSA) is 84.0 Å². The Morgan fingerprint density at radius 3 is 2.50 bits per heavy atom. The van der Waals surface area contributed by atoms with Crippen LogP contribution in [-0.2, 0) is 9.84 Å². The van der Waals surface area contributed by atoms with Crippen molar-refractivity contribution in [1.82, 2.24) is 9.97 Å². The average Bonchev–Trinajstić information content (AvgIpc) is 2.34. The number of hydrogen-bond acceptors (Lipinski definition) is 6. The molecule has 1 aromatic rings. The standard InChI is InChI=1S/C10H15BrN4O2S/c1-12-9-8(11)10(14-6-13-9)15-7-2-4-18(16,17)5-3-7/h6-7H,2-5H2,1H3,(H2,12,13,14,15). The minimum atomic E-state index is -2.83. The molecule has 0 spiro atoms. The molecule has 1 aromatic heterocycles. The maximum atomic E-state index is 11.3. The van der Waals surface area contributed by atoms with Crippen molar-refractivity contribution in [1.29, 1.82) is 0 Å². The molecule has 6 nitrogen and oxygen atoms in total. The third-order valence-corrected chi connectivity index (χ3v) is 5.39. The Kier molecular flexibility index (Phi) is 4.06. The van der Waals surface area contributed by atoms with Crippen LogP contribution in [0.1, 0.15) is 12.8 Å². The molecule has 0 saturated carbocycles. The smallest absolute Gasteiger partial charge is 0.150 e. The average molecular weight is 335 g/mol. The SMILES string of the molecule is CNc1ncnc(NC2CCS(=O)(=O)CC2)c1Br. The summed E-state index contributed by atoms with van der Waals surface area (Å²) in [6, 6.07) is 0.143. The number of nitrogens with one attached hydrogen (secondary N) is 2. The molecule has 0 aliphatic carbocycles. The van der Waals surface area contributed by atoms with Crippen LogP contribution in [0.25, 0.3) is 0 Å². The van der Waals surface area contributed by atoms with Gasteiger partial charge in [-0.2, -0.15) is 0 Å². The zero-order valence-corrected chi connectivity index (χ0v) is 12.4. The Balaban J connectivity index is 2.07. The van der Waals surface area contributed by atoms with Crippen molar-refractivity contribution in [3.63, 3.8) is 0 Å². The molecule has 1 aliphatic rings. The molecule has 8 heteroatoms. The Labute approximate surface area is 115 Å². The molecule has 18 heavy (non-hydrogen) atoms. The van der Waals surface area contributed by atoms with Crippen LogP contribution in [0.5, 0.6) is 0 Å². The number of sulfone groups is 1. The van der Waals surface area contributed by atoms with Crippen molar-refractivity contribution in [2.45, 2.75) is 18.9 Å². The highest BCUT2D eigenvalue weighted by molar-refractivity contribution is 9.10. The van der Waals surface area contributed by atoms with Gasteiger partial charge in [-0.3, -0.25) is 0 Å². The third kappa shape index (κ3) is 3.11. The number of halogens is 1. The largest absolute Gasteiger partial charge is 0.372 e. The van der Waals surface area contributed by atoms with Crippen LogP contribution in [0, 0.1) is 0 Å². The lowest BCUT2D eigenvalue weighted by molar-refractivity contribution is 0.559. The van der Waals surface area contributed by atoms with Crippen molar-refractivity contribution in [2.75, 3.05) is 29.2 Å². The van der Waals surface area contributed by atoms with Gasteiger partial charge in [0.05, 0.1) is 11.5 Å². The molecule has 1 fully saturated rings. The fourth-order valence-electron chi connectivity index (χ4n) is 1.87. The summed E-state index contributed by atoms with van der Waals surface area (Å²) in [5.74, 6) is 1.88. The molecular weight excluding hydrogens is 320 g/mol. The maximum Gasteiger partial charge on any atom is 0.150 e. The first-order chi connectivity index (χ1) is 8.52. The van der Waals surface area contributed by atoms with Gasteiger partial charge in [-0.25, -0.2) is 18.4 Å². The van der Waals surface area contributed by atoms with Crippen molar-refractivity contribution in [2.24, 2.45) is 0 Å². The Morgan fingerprint density at radius 1 is 1.28 bits per heavy atom. The highest BCUT2D eigenvalue weighted by Gasteiger charge is 2.24. The first-order valence-corrected chi connectivity index (χ1v) is 8.28. The van der Waals surface area contributed by atoms with Gasteiger partial charge in [-0.1, -0.05) is 0 Å². The summed E-state index contributed by atoms with van der Waals surface area (Å²) in [6.07, 6.45) is 2.71. The van der Waals surface area contributed by atoms with Crippen LogP contribution in [0.4, 0.5) is 11.6 Å². The summed E-state index contributed by atoms with van der Waals surface area (Å²) in [5, 5.41) is 6.21. The molecule has 2 rings (SSSR count). The zero-order valence-electron chi connectivity index (χ0n) is 9.98. The molecular formula is C10H15BrN4O2S. The van der Waals surface area contributed by atoms with Crippen LogP contribution in [0.2, 0.25) is 0 Å². The number of anilines is 2. The maximum absolute atomic E-state index is 11.3. The molecule has 1 saturated heterocycles. The van der Waals surface area contributed by atoms with Crippen LogP contribution < -0.4 is 10.6 Å². The van der Waals surface area contributed by atoms with Crippen LogP contribution in [-0.4, -0.2) is 43.0 Å². The van der Waals surface area contributed by atoms with Gasteiger partial charge in [-0.15, -0.1) is 0 Å². The van der Waals surface area contributed by atoms with Gasteiger partial charge in [-0.05, 0) is 28.8 Å². The van der Waals surface area contributed by atoms with Gasteiger partial charge >= 0.3 is 0 Å². The molecule has 2 heterocycles. The van der Waals surface area contributed by atoms with E-state index in [0.29, 0.717) is 24.5 Å². The van der Waals surface area contributed by atoms with Crippen LogP contribution in [0.3, 0.4) is 0 Å². The molecule has 0 atom stereocenters. The van der Waals surface area contributed by atoms with Gasteiger partial charge < -0.3 is 10.6 Å². The molecule has 2 N–H and O–H groups in total. The van der Waals surface area contributed by atoms with Gasteiger partial charge in [0.1, 0.15) is 32.3 Å². The van der Waals surface area contributed by atoms with E-state index in [1.54, 1.807) is 7.05 Å². The highest BCUT2D eigenvalue weighted by Crippen LogP contribution is 2.28. The van der Waals surface area contributed by atoms with Crippen molar-refractivity contribution in [3.05, 3.63) is 10.8 Å². The van der Waals surface area contributed by atoms with Crippen LogP contribution >= 0.6 is 15.9 Å². The molecule has 0 aromatic carbocycles. The van der Waals surface area contributed by atoms with E-state index in [2.05, 4.69) is 36.5 Å². The monoisotopic (exact) mass is 334 g/mol. The summed E-state index contributed by atoms with van der Waals surface area (Å²) in [6.45, 7) is 0. The Hall–Kier alpha value is -0.890. The fourth-order valence-corrected chi connectivity index (χ4v) is 3.88. The number of hydrogen-bond donors (Lipinski definition) is 2. The fraction of sp³-hybridized carbons (Fsp3) is 0.600. The lowest BCUT2D eigenvalue weighted by Gasteiger charge is -2.24. The van der Waals surface area contributed by atoms with E-state index in [0.717, 1.165) is 4.47 Å². The van der Waals surface area contributed by atoms with Crippen molar-refractivity contribution >= 4 is 37.4 Å². The Morgan fingerprint density at radius 2 is 1.89 bits per heavy atom. The second kappa shape index (κ2) is 5.40. The summed E-state index contributed by atoms with van der Waals surface area (Å²) < 4.78 is 23.5. The predicted molar refractivity (Wildman–Crippen MR) is 74.6 cm³/mol. The summed E-state index contributed by atoms with van der Waals surface area (Å²) in [5.41, 5.74) is 0. The second-order valence-electron chi connectivity index (χ2n) is 4.21. The third-order valence-electron chi connectivity index (χ3n) is 2.92. The lowest BCUT2D eigenvalue weighted by atomic mass is 10.1. The van der Waals surface area contributed by atoms with E-state index in [1.807, 2.05) is 0 Å². The van der Waals surface area contributed by atoms with E-state index in [1.165, 1.54) is 6.33 Å². The van der Waals surface area contributed by atoms with Crippen molar-refractivity contribution < 1.29 is 8.42 Å². The molecule has 0 unspecified atom stereocenters. The minimum absolute atomic E-state index is 0.143. The Bertz CT molecular complexity index is 521. The lowest BCUT2D eigenvalue weighted by Crippen LogP contribution is -2.32. The first-order valence-electron chi connectivity index (χ1n) is 5.67.